The summed E-state index contributed by atoms with van der Waals surface area (Å²) < 4.78 is 5.68. The topological polar surface area (TPSA) is 45.9 Å². The van der Waals surface area contributed by atoms with Crippen molar-refractivity contribution >= 4 is 15.9 Å². The highest BCUT2D eigenvalue weighted by atomic mass is 79.9. The third-order valence-corrected chi connectivity index (χ3v) is 1.79. The number of nitrogens with zero attached hydrogens (tertiary/aromatic N) is 2. The summed E-state index contributed by atoms with van der Waals surface area (Å²) in [5.74, 6) is 0.481. The quantitative estimate of drug-likeness (QED) is 0.713. The van der Waals surface area contributed by atoms with Crippen molar-refractivity contribution in [3.8, 4) is 11.8 Å². The smallest absolute Gasteiger partial charge is 0.183 e. The molecule has 0 radical (unpaired) electrons. The first-order valence-corrected chi connectivity index (χ1v) is 3.67. The minimum atomic E-state index is 0.293. The highest BCUT2D eigenvalue weighted by molar-refractivity contribution is 9.10. The molecule has 0 aliphatic rings. The van der Waals surface area contributed by atoms with Gasteiger partial charge in [-0.05, 0) is 22.0 Å². The van der Waals surface area contributed by atoms with Gasteiger partial charge in [-0.15, -0.1) is 0 Å². The fourth-order valence-electron chi connectivity index (χ4n) is 0.698. The van der Waals surface area contributed by atoms with Gasteiger partial charge in [0, 0.05) is 6.20 Å². The van der Waals surface area contributed by atoms with Gasteiger partial charge in [0.1, 0.15) is 6.07 Å². The maximum atomic E-state index is 8.56. The Morgan fingerprint density at radius 2 is 2.45 bits per heavy atom. The lowest BCUT2D eigenvalue weighted by atomic mass is 10.3. The van der Waals surface area contributed by atoms with Crippen molar-refractivity contribution in [3.63, 3.8) is 0 Å². The number of hydrogen-bond acceptors (Lipinski definition) is 3. The second-order valence-corrected chi connectivity index (χ2v) is 2.64. The van der Waals surface area contributed by atoms with Crippen molar-refractivity contribution in [2.24, 2.45) is 0 Å². The van der Waals surface area contributed by atoms with Crippen LogP contribution in [0.2, 0.25) is 0 Å². The molecular weight excluding hydrogens is 208 g/mol. The van der Waals surface area contributed by atoms with Crippen molar-refractivity contribution in [1.29, 1.82) is 5.26 Å². The fourth-order valence-corrected chi connectivity index (χ4v) is 1.17. The van der Waals surface area contributed by atoms with Crippen LogP contribution in [0.15, 0.2) is 16.7 Å². The molecule has 0 atom stereocenters. The molecule has 0 amide bonds. The average molecular weight is 213 g/mol. The summed E-state index contributed by atoms with van der Waals surface area (Å²) in [6, 6.07) is 3.64. The van der Waals surface area contributed by atoms with Crippen molar-refractivity contribution in [3.05, 3.63) is 22.4 Å². The summed E-state index contributed by atoms with van der Waals surface area (Å²) in [6.07, 6.45) is 1.55. The molecule has 1 rings (SSSR count). The van der Waals surface area contributed by atoms with Gasteiger partial charge >= 0.3 is 0 Å². The van der Waals surface area contributed by atoms with Crippen molar-refractivity contribution < 1.29 is 4.74 Å². The lowest BCUT2D eigenvalue weighted by Crippen LogP contribution is -1.91. The van der Waals surface area contributed by atoms with Gasteiger partial charge in [0.15, 0.2) is 11.4 Å². The number of aromatic nitrogens is 1. The zero-order valence-electron chi connectivity index (χ0n) is 5.84. The minimum Gasteiger partial charge on any atom is -0.493 e. The van der Waals surface area contributed by atoms with Gasteiger partial charge in [0.05, 0.1) is 11.6 Å². The Labute approximate surface area is 72.8 Å². The lowest BCUT2D eigenvalue weighted by Gasteiger charge is -2.01. The average Bonchev–Trinajstić information content (AvgIpc) is 2.04. The molecule has 0 saturated carbocycles. The van der Waals surface area contributed by atoms with Crippen molar-refractivity contribution in [2.45, 2.75) is 0 Å². The Morgan fingerprint density at radius 1 is 1.73 bits per heavy atom. The van der Waals surface area contributed by atoms with E-state index in [2.05, 4.69) is 20.9 Å². The molecule has 3 nitrogen and oxygen atoms in total. The van der Waals surface area contributed by atoms with E-state index in [0.29, 0.717) is 11.4 Å². The van der Waals surface area contributed by atoms with Crippen LogP contribution >= 0.6 is 15.9 Å². The van der Waals surface area contributed by atoms with Gasteiger partial charge in [-0.25, -0.2) is 4.98 Å². The summed E-state index contributed by atoms with van der Waals surface area (Å²) in [6.45, 7) is 0. The summed E-state index contributed by atoms with van der Waals surface area (Å²) in [5.41, 5.74) is 0.293. The standard InChI is InChI=1S/C7H5BrN2O/c1-11-7-5(8)2-3-10-6(7)4-9/h2-3H,1H3. The fraction of sp³-hybridized carbons (Fsp3) is 0.143. The van der Waals surface area contributed by atoms with E-state index in [4.69, 9.17) is 10.00 Å². The normalized spacial score (nSPS) is 8.82. The molecule has 0 spiro atoms. The zero-order valence-corrected chi connectivity index (χ0v) is 7.42. The monoisotopic (exact) mass is 212 g/mol. The Balaban J connectivity index is 3.27. The van der Waals surface area contributed by atoms with Crippen LogP contribution in [0.5, 0.6) is 5.75 Å². The first-order valence-electron chi connectivity index (χ1n) is 2.88. The summed E-state index contributed by atoms with van der Waals surface area (Å²) in [5, 5.41) is 8.56. The molecule has 0 unspecified atom stereocenters. The van der Waals surface area contributed by atoms with Gasteiger partial charge in [0.2, 0.25) is 0 Å². The molecule has 0 aromatic carbocycles. The number of rotatable bonds is 1. The molecule has 0 N–H and O–H groups in total. The van der Waals surface area contributed by atoms with Crippen LogP contribution in [-0.2, 0) is 0 Å². The predicted molar refractivity (Wildman–Crippen MR) is 43.2 cm³/mol. The largest absolute Gasteiger partial charge is 0.493 e. The third-order valence-electron chi connectivity index (χ3n) is 1.17. The van der Waals surface area contributed by atoms with Crippen molar-refractivity contribution in [2.75, 3.05) is 7.11 Å². The lowest BCUT2D eigenvalue weighted by molar-refractivity contribution is 0.408. The van der Waals surface area contributed by atoms with E-state index < -0.39 is 0 Å². The predicted octanol–water partition coefficient (Wildman–Crippen LogP) is 1.72. The minimum absolute atomic E-state index is 0.293. The molecule has 0 fully saturated rings. The van der Waals surface area contributed by atoms with Crippen LogP contribution in [0.4, 0.5) is 0 Å². The number of nitriles is 1. The molecule has 0 aliphatic carbocycles. The van der Waals surface area contributed by atoms with E-state index in [-0.39, 0.29) is 0 Å². The Kier molecular flexibility index (Phi) is 2.44. The second-order valence-electron chi connectivity index (χ2n) is 1.79. The van der Waals surface area contributed by atoms with E-state index in [0.717, 1.165) is 4.47 Å². The Bertz CT molecular complexity index is 306. The van der Waals surface area contributed by atoms with Gasteiger partial charge in [0.25, 0.3) is 0 Å². The van der Waals surface area contributed by atoms with Crippen molar-refractivity contribution in [1.82, 2.24) is 4.98 Å². The summed E-state index contributed by atoms with van der Waals surface area (Å²) >= 11 is 3.23. The van der Waals surface area contributed by atoms with Gasteiger partial charge in [-0.2, -0.15) is 5.26 Å². The molecule has 0 aliphatic heterocycles. The summed E-state index contributed by atoms with van der Waals surface area (Å²) in [4.78, 5) is 3.81. The number of ether oxygens (including phenoxy) is 1. The van der Waals surface area contributed by atoms with E-state index in [1.54, 1.807) is 12.3 Å². The van der Waals surface area contributed by atoms with Gasteiger partial charge in [-0.3, -0.25) is 0 Å². The molecule has 1 heterocycles. The molecule has 0 saturated heterocycles. The highest BCUT2D eigenvalue weighted by Gasteiger charge is 2.05. The molecule has 11 heavy (non-hydrogen) atoms. The summed E-state index contributed by atoms with van der Waals surface area (Å²) in [7, 11) is 1.50. The SMILES string of the molecule is COc1c(Br)ccnc1C#N. The molecule has 4 heteroatoms. The number of methoxy groups -OCH3 is 1. The molecule has 0 bridgehead atoms. The Morgan fingerprint density at radius 3 is 2.91 bits per heavy atom. The zero-order chi connectivity index (χ0) is 8.27. The van der Waals surface area contributed by atoms with E-state index >= 15 is 0 Å². The molecule has 56 valence electrons. The van der Waals surface area contributed by atoms with Gasteiger partial charge < -0.3 is 4.74 Å². The van der Waals surface area contributed by atoms with E-state index in [9.17, 15) is 0 Å². The maximum Gasteiger partial charge on any atom is 0.183 e. The van der Waals surface area contributed by atoms with Crippen LogP contribution in [0.25, 0.3) is 0 Å². The third kappa shape index (κ3) is 1.49. The molecular formula is C7H5BrN2O. The maximum absolute atomic E-state index is 8.56. The van der Waals surface area contributed by atoms with Gasteiger partial charge in [-0.1, -0.05) is 0 Å². The first kappa shape index (κ1) is 8.02. The highest BCUT2D eigenvalue weighted by Crippen LogP contribution is 2.25. The number of halogens is 1. The van der Waals surface area contributed by atoms with E-state index in [1.165, 1.54) is 7.11 Å². The number of pyridine rings is 1. The van der Waals surface area contributed by atoms with Crippen LogP contribution in [-0.4, -0.2) is 12.1 Å². The molecule has 1 aromatic heterocycles. The number of hydrogen-bond donors (Lipinski definition) is 0. The molecule has 1 aromatic rings. The Hall–Kier alpha value is -1.08. The van der Waals surface area contributed by atoms with E-state index in [1.807, 2.05) is 6.07 Å². The van der Waals surface area contributed by atoms with Crippen LogP contribution in [0.1, 0.15) is 5.69 Å². The van der Waals surface area contributed by atoms with Crippen LogP contribution < -0.4 is 4.74 Å². The second kappa shape index (κ2) is 3.35. The van der Waals surface area contributed by atoms with Crippen LogP contribution in [0, 0.1) is 11.3 Å². The first-order chi connectivity index (χ1) is 5.29. The van der Waals surface area contributed by atoms with Crippen LogP contribution in [0.3, 0.4) is 0 Å².